The Balaban J connectivity index is 1.90. The van der Waals surface area contributed by atoms with Gasteiger partial charge in [-0.25, -0.2) is 0 Å². The molecule has 0 fully saturated rings. The van der Waals surface area contributed by atoms with Gasteiger partial charge in [-0.05, 0) is 32.4 Å². The summed E-state index contributed by atoms with van der Waals surface area (Å²) in [4.78, 5) is 15.0. The normalized spacial score (nSPS) is 14.2. The van der Waals surface area contributed by atoms with Gasteiger partial charge in [0.2, 0.25) is 0 Å². The van der Waals surface area contributed by atoms with Gasteiger partial charge in [-0.2, -0.15) is 0 Å². The van der Waals surface area contributed by atoms with Crippen molar-refractivity contribution in [2.45, 2.75) is 30.8 Å². The van der Waals surface area contributed by atoms with Gasteiger partial charge >= 0.3 is 5.97 Å². The number of H-pyrrole nitrogens is 1. The van der Waals surface area contributed by atoms with Crippen molar-refractivity contribution < 1.29 is 9.53 Å². The first-order valence-electron chi connectivity index (χ1n) is 6.69. The van der Waals surface area contributed by atoms with Crippen molar-refractivity contribution in [1.29, 1.82) is 0 Å². The zero-order chi connectivity index (χ0) is 14.6. The summed E-state index contributed by atoms with van der Waals surface area (Å²) in [5, 5.41) is 2.28. The lowest BCUT2D eigenvalue weighted by Crippen LogP contribution is -2.46. The van der Waals surface area contributed by atoms with E-state index in [1.54, 1.807) is 25.6 Å². The summed E-state index contributed by atoms with van der Waals surface area (Å²) in [6.07, 6.45) is 0.575. The number of esters is 1. The highest BCUT2D eigenvalue weighted by Gasteiger charge is 2.29. The fraction of sp³-hybridized carbons (Fsp3) is 0.400. The van der Waals surface area contributed by atoms with Gasteiger partial charge in [0, 0.05) is 16.7 Å². The lowest BCUT2D eigenvalue weighted by molar-refractivity contribution is -0.149. The molecule has 2 aromatic rings. The number of ether oxygens (including phenoxy) is 1. The summed E-state index contributed by atoms with van der Waals surface area (Å²) in [7, 11) is 0. The molecule has 20 heavy (non-hydrogen) atoms. The molecule has 0 aliphatic heterocycles. The van der Waals surface area contributed by atoms with E-state index in [0.717, 1.165) is 16.3 Å². The van der Waals surface area contributed by atoms with Crippen LogP contribution in [0.1, 0.15) is 20.3 Å². The third kappa shape index (κ3) is 3.55. The third-order valence-corrected chi connectivity index (χ3v) is 4.07. The zero-order valence-electron chi connectivity index (χ0n) is 11.8. The van der Waals surface area contributed by atoms with Crippen LogP contribution < -0.4 is 5.73 Å². The Kier molecular flexibility index (Phi) is 4.73. The minimum Gasteiger partial charge on any atom is -0.465 e. The molecule has 0 saturated heterocycles. The van der Waals surface area contributed by atoms with Crippen molar-refractivity contribution in [1.82, 2.24) is 4.98 Å². The first kappa shape index (κ1) is 14.9. The number of benzene rings is 1. The molecule has 1 atom stereocenters. The number of carbonyl (C=O) groups excluding carboxylic acids is 1. The first-order valence-corrected chi connectivity index (χ1v) is 7.68. The highest BCUT2D eigenvalue weighted by atomic mass is 32.2. The van der Waals surface area contributed by atoms with Gasteiger partial charge in [-0.15, -0.1) is 11.8 Å². The predicted octanol–water partition coefficient (Wildman–Crippen LogP) is 2.93. The van der Waals surface area contributed by atoms with Gasteiger partial charge in [-0.1, -0.05) is 18.2 Å². The Labute approximate surface area is 123 Å². The van der Waals surface area contributed by atoms with Crippen LogP contribution in [-0.4, -0.2) is 28.9 Å². The van der Waals surface area contributed by atoms with Crippen LogP contribution >= 0.6 is 11.8 Å². The fourth-order valence-electron chi connectivity index (χ4n) is 1.90. The molecule has 1 aromatic heterocycles. The highest BCUT2D eigenvalue weighted by molar-refractivity contribution is 7.99. The van der Waals surface area contributed by atoms with Crippen molar-refractivity contribution in [3.63, 3.8) is 0 Å². The van der Waals surface area contributed by atoms with Crippen LogP contribution in [-0.2, 0) is 9.53 Å². The van der Waals surface area contributed by atoms with Crippen molar-refractivity contribution in [3.8, 4) is 0 Å². The molecular weight excluding hydrogens is 272 g/mol. The van der Waals surface area contributed by atoms with Gasteiger partial charge < -0.3 is 15.5 Å². The summed E-state index contributed by atoms with van der Waals surface area (Å²) in [5.41, 5.74) is 6.19. The number of nitrogens with two attached hydrogens (primary N) is 1. The van der Waals surface area contributed by atoms with Crippen LogP contribution in [0.4, 0.5) is 0 Å². The maximum absolute atomic E-state index is 11.7. The molecular formula is C15H20N2O2S. The van der Waals surface area contributed by atoms with Crippen molar-refractivity contribution >= 4 is 28.6 Å². The zero-order valence-corrected chi connectivity index (χ0v) is 12.6. The van der Waals surface area contributed by atoms with Crippen molar-refractivity contribution in [3.05, 3.63) is 30.3 Å². The van der Waals surface area contributed by atoms with Gasteiger partial charge in [0.1, 0.15) is 5.54 Å². The fourth-order valence-corrected chi connectivity index (χ4v) is 3.03. The smallest absolute Gasteiger partial charge is 0.325 e. The van der Waals surface area contributed by atoms with Crippen LogP contribution in [0.15, 0.2) is 35.4 Å². The van der Waals surface area contributed by atoms with E-state index < -0.39 is 5.54 Å². The molecule has 0 spiro atoms. The molecule has 2 rings (SSSR count). The molecule has 1 heterocycles. The lowest BCUT2D eigenvalue weighted by atomic mass is 10.0. The van der Waals surface area contributed by atoms with Crippen molar-refractivity contribution in [2.24, 2.45) is 5.73 Å². The van der Waals surface area contributed by atoms with Crippen molar-refractivity contribution in [2.75, 3.05) is 12.4 Å². The van der Waals surface area contributed by atoms with Crippen LogP contribution in [0.25, 0.3) is 10.9 Å². The monoisotopic (exact) mass is 292 g/mol. The number of thioether (sulfide) groups is 1. The molecule has 0 aliphatic rings. The SMILES string of the molecule is CCOC(=O)C(C)(N)CCSc1cc2ccccc2[nH]1. The second-order valence-corrected chi connectivity index (χ2v) is 6.09. The molecule has 108 valence electrons. The largest absolute Gasteiger partial charge is 0.465 e. The Morgan fingerprint density at radius 1 is 1.45 bits per heavy atom. The average molecular weight is 292 g/mol. The number of carbonyl (C=O) groups is 1. The quantitative estimate of drug-likeness (QED) is 0.634. The molecule has 5 heteroatoms. The lowest BCUT2D eigenvalue weighted by Gasteiger charge is -2.21. The minimum atomic E-state index is -0.922. The topological polar surface area (TPSA) is 68.1 Å². The molecule has 0 amide bonds. The molecule has 3 N–H and O–H groups in total. The third-order valence-electron chi connectivity index (χ3n) is 3.13. The van der Waals surface area contributed by atoms with E-state index in [0.29, 0.717) is 13.0 Å². The molecule has 0 radical (unpaired) electrons. The van der Waals surface area contributed by atoms with E-state index in [-0.39, 0.29) is 5.97 Å². The number of fused-ring (bicyclic) bond motifs is 1. The average Bonchev–Trinajstić information content (AvgIpc) is 2.81. The summed E-state index contributed by atoms with van der Waals surface area (Å²) < 4.78 is 4.98. The molecule has 0 saturated carbocycles. The standard InChI is InChI=1S/C15H20N2O2S/c1-3-19-14(18)15(2,16)8-9-20-13-10-11-6-4-5-7-12(11)17-13/h4-7,10,17H,3,8-9,16H2,1-2H3. The van der Waals surface area contributed by atoms with Gasteiger partial charge in [-0.3, -0.25) is 4.79 Å². The Bertz CT molecular complexity index is 559. The summed E-state index contributed by atoms with van der Waals surface area (Å²) in [6.45, 7) is 3.87. The maximum atomic E-state index is 11.7. The second kappa shape index (κ2) is 6.33. The number of rotatable bonds is 6. The van der Waals surface area contributed by atoms with Crippen LogP contribution in [0, 0.1) is 0 Å². The number of para-hydroxylation sites is 1. The van der Waals surface area contributed by atoms with Crippen LogP contribution in [0.2, 0.25) is 0 Å². The number of hydrogen-bond acceptors (Lipinski definition) is 4. The van der Waals surface area contributed by atoms with E-state index in [9.17, 15) is 4.79 Å². The second-order valence-electron chi connectivity index (χ2n) is 4.96. The van der Waals surface area contributed by atoms with E-state index in [1.165, 1.54) is 5.39 Å². The molecule has 1 aromatic carbocycles. The van der Waals surface area contributed by atoms with Gasteiger partial charge in [0.25, 0.3) is 0 Å². The van der Waals surface area contributed by atoms with E-state index >= 15 is 0 Å². The van der Waals surface area contributed by atoms with E-state index in [1.807, 2.05) is 18.2 Å². The Morgan fingerprint density at radius 3 is 2.90 bits per heavy atom. The first-order chi connectivity index (χ1) is 9.53. The molecule has 1 unspecified atom stereocenters. The van der Waals surface area contributed by atoms with Crippen LogP contribution in [0.3, 0.4) is 0 Å². The maximum Gasteiger partial charge on any atom is 0.325 e. The summed E-state index contributed by atoms with van der Waals surface area (Å²) in [6, 6.07) is 10.2. The van der Waals surface area contributed by atoms with Crippen LogP contribution in [0.5, 0.6) is 0 Å². The highest BCUT2D eigenvalue weighted by Crippen LogP contribution is 2.25. The summed E-state index contributed by atoms with van der Waals surface area (Å²) in [5.74, 6) is 0.427. The van der Waals surface area contributed by atoms with Gasteiger partial charge in [0.15, 0.2) is 0 Å². The van der Waals surface area contributed by atoms with E-state index in [2.05, 4.69) is 17.1 Å². The Morgan fingerprint density at radius 2 is 2.20 bits per heavy atom. The summed E-state index contributed by atoms with van der Waals surface area (Å²) >= 11 is 1.67. The molecule has 0 aliphatic carbocycles. The number of hydrogen-bond donors (Lipinski definition) is 2. The number of aromatic amines is 1. The predicted molar refractivity (Wildman–Crippen MR) is 82.9 cm³/mol. The Hall–Kier alpha value is -1.46. The minimum absolute atomic E-state index is 0.336. The molecule has 0 bridgehead atoms. The van der Waals surface area contributed by atoms with E-state index in [4.69, 9.17) is 10.5 Å². The number of nitrogens with one attached hydrogen (secondary N) is 1. The number of aromatic nitrogens is 1. The van der Waals surface area contributed by atoms with Gasteiger partial charge in [0.05, 0.1) is 11.6 Å². The molecule has 4 nitrogen and oxygen atoms in total.